The molecule has 3 rings (SSSR count). The normalized spacial score (nSPS) is 10.3. The fraction of sp³-hybridized carbons (Fsp3) is 0.0625. The van der Waals surface area contributed by atoms with Crippen molar-refractivity contribution in [2.45, 2.75) is 6.54 Å². The maximum atomic E-state index is 12.3. The molecule has 0 aliphatic carbocycles. The summed E-state index contributed by atoms with van der Waals surface area (Å²) in [6.07, 6.45) is 3.36. The number of aromatic nitrogens is 2. The number of nitrogens with zero attached hydrogens (tertiary/aromatic N) is 3. The number of hydrogen-bond donors (Lipinski definition) is 1. The molecule has 0 unspecified atom stereocenters. The standard InChI is InChI=1S/C16H12N4O2S/c21-15(19-13-4-2-1-3-12(13)9-18-22)14-10-23-16(20-14)11-5-7-17-8-6-11/h1-8,10H,9H2,(H,19,21). The first-order valence-electron chi connectivity index (χ1n) is 6.82. The Morgan fingerprint density at radius 2 is 1.96 bits per heavy atom. The molecule has 1 amide bonds. The monoisotopic (exact) mass is 324 g/mol. The Hall–Kier alpha value is -2.93. The van der Waals surface area contributed by atoms with Crippen molar-refractivity contribution < 1.29 is 4.79 Å². The summed E-state index contributed by atoms with van der Waals surface area (Å²) in [5.41, 5.74) is 2.47. The van der Waals surface area contributed by atoms with Gasteiger partial charge in [-0.25, -0.2) is 4.98 Å². The molecule has 2 heterocycles. The number of thiazole rings is 1. The second kappa shape index (κ2) is 6.89. The number of anilines is 1. The van der Waals surface area contributed by atoms with Crippen LogP contribution in [-0.2, 0) is 6.54 Å². The van der Waals surface area contributed by atoms with Crippen molar-refractivity contribution >= 4 is 22.9 Å². The molecule has 7 heteroatoms. The average Bonchev–Trinajstić information content (AvgIpc) is 3.08. The first-order chi connectivity index (χ1) is 11.3. The van der Waals surface area contributed by atoms with Gasteiger partial charge in [0, 0.05) is 34.6 Å². The van der Waals surface area contributed by atoms with Crippen molar-refractivity contribution in [3.05, 3.63) is 70.3 Å². The summed E-state index contributed by atoms with van der Waals surface area (Å²) in [4.78, 5) is 31.1. The predicted molar refractivity (Wildman–Crippen MR) is 89.2 cm³/mol. The van der Waals surface area contributed by atoms with E-state index in [1.165, 1.54) is 11.3 Å². The second-order valence-electron chi connectivity index (χ2n) is 4.67. The van der Waals surface area contributed by atoms with Crippen LogP contribution in [-0.4, -0.2) is 15.9 Å². The van der Waals surface area contributed by atoms with Gasteiger partial charge in [0.1, 0.15) is 17.2 Å². The molecule has 2 aromatic heterocycles. The van der Waals surface area contributed by atoms with Gasteiger partial charge in [-0.2, -0.15) is 4.91 Å². The van der Waals surface area contributed by atoms with Crippen LogP contribution in [0, 0.1) is 4.91 Å². The summed E-state index contributed by atoms with van der Waals surface area (Å²) >= 11 is 1.39. The third-order valence-electron chi connectivity index (χ3n) is 3.16. The molecule has 1 N–H and O–H groups in total. The topological polar surface area (TPSA) is 84.3 Å². The largest absolute Gasteiger partial charge is 0.320 e. The highest BCUT2D eigenvalue weighted by Gasteiger charge is 2.13. The van der Waals surface area contributed by atoms with Crippen LogP contribution < -0.4 is 5.32 Å². The van der Waals surface area contributed by atoms with Gasteiger partial charge in [0.15, 0.2) is 0 Å². The van der Waals surface area contributed by atoms with E-state index < -0.39 is 0 Å². The van der Waals surface area contributed by atoms with E-state index >= 15 is 0 Å². The fourth-order valence-electron chi connectivity index (χ4n) is 2.04. The second-order valence-corrected chi connectivity index (χ2v) is 5.53. The lowest BCUT2D eigenvalue weighted by molar-refractivity contribution is 0.102. The summed E-state index contributed by atoms with van der Waals surface area (Å²) in [6.45, 7) is 0.00971. The van der Waals surface area contributed by atoms with Gasteiger partial charge in [0.05, 0.1) is 0 Å². The van der Waals surface area contributed by atoms with E-state index in [1.807, 2.05) is 12.1 Å². The average molecular weight is 324 g/mol. The van der Waals surface area contributed by atoms with Crippen molar-refractivity contribution in [2.75, 3.05) is 5.32 Å². The molecule has 114 valence electrons. The zero-order valence-corrected chi connectivity index (χ0v) is 12.8. The molecule has 0 aliphatic heterocycles. The summed E-state index contributed by atoms with van der Waals surface area (Å²) in [6, 6.07) is 10.7. The van der Waals surface area contributed by atoms with Crippen LogP contribution in [0.1, 0.15) is 16.1 Å². The van der Waals surface area contributed by atoms with Gasteiger partial charge in [0.2, 0.25) is 0 Å². The molecule has 6 nitrogen and oxygen atoms in total. The minimum Gasteiger partial charge on any atom is -0.320 e. The van der Waals surface area contributed by atoms with E-state index in [9.17, 15) is 9.70 Å². The number of pyridine rings is 1. The van der Waals surface area contributed by atoms with Gasteiger partial charge < -0.3 is 5.32 Å². The van der Waals surface area contributed by atoms with Gasteiger partial charge >= 0.3 is 0 Å². The van der Waals surface area contributed by atoms with Gasteiger partial charge in [0.25, 0.3) is 5.91 Å². The van der Waals surface area contributed by atoms with Crippen LogP contribution in [0.2, 0.25) is 0 Å². The number of nitroso groups, excluding NO2 is 1. The highest BCUT2D eigenvalue weighted by molar-refractivity contribution is 7.13. The molecule has 0 atom stereocenters. The van der Waals surface area contributed by atoms with Crippen molar-refractivity contribution in [3.8, 4) is 10.6 Å². The first kappa shape index (κ1) is 15.0. The van der Waals surface area contributed by atoms with Crippen molar-refractivity contribution in [3.63, 3.8) is 0 Å². The van der Waals surface area contributed by atoms with Crippen molar-refractivity contribution in [1.29, 1.82) is 0 Å². The van der Waals surface area contributed by atoms with Crippen LogP contribution in [0.15, 0.2) is 59.3 Å². The third kappa shape index (κ3) is 3.46. The quantitative estimate of drug-likeness (QED) is 0.725. The minimum absolute atomic E-state index is 0.00971. The van der Waals surface area contributed by atoms with E-state index in [0.29, 0.717) is 16.9 Å². The van der Waals surface area contributed by atoms with Crippen LogP contribution >= 0.6 is 11.3 Å². The molecule has 0 radical (unpaired) electrons. The summed E-state index contributed by atoms with van der Waals surface area (Å²) in [7, 11) is 0. The van der Waals surface area contributed by atoms with Gasteiger partial charge in [-0.15, -0.1) is 11.3 Å². The maximum absolute atomic E-state index is 12.3. The van der Waals surface area contributed by atoms with Crippen LogP contribution in [0.25, 0.3) is 10.6 Å². The smallest absolute Gasteiger partial charge is 0.275 e. The van der Waals surface area contributed by atoms with Gasteiger partial charge in [-0.05, 0) is 18.2 Å². The lowest BCUT2D eigenvalue weighted by Gasteiger charge is -2.07. The number of carbonyl (C=O) groups excluding carboxylic acids is 1. The highest BCUT2D eigenvalue weighted by atomic mass is 32.1. The zero-order valence-electron chi connectivity index (χ0n) is 12.0. The number of rotatable bonds is 5. The Balaban J connectivity index is 1.80. The van der Waals surface area contributed by atoms with Gasteiger partial charge in [-0.1, -0.05) is 23.4 Å². The molecular weight excluding hydrogens is 312 g/mol. The van der Waals surface area contributed by atoms with Crippen molar-refractivity contribution in [1.82, 2.24) is 9.97 Å². The Morgan fingerprint density at radius 3 is 2.74 bits per heavy atom. The van der Waals surface area contributed by atoms with Gasteiger partial charge in [-0.3, -0.25) is 9.78 Å². The van der Waals surface area contributed by atoms with E-state index in [0.717, 1.165) is 10.6 Å². The van der Waals surface area contributed by atoms with E-state index in [-0.39, 0.29) is 12.5 Å². The number of benzene rings is 1. The van der Waals surface area contributed by atoms with Crippen LogP contribution in [0.5, 0.6) is 0 Å². The third-order valence-corrected chi connectivity index (χ3v) is 4.06. The van der Waals surface area contributed by atoms with Crippen molar-refractivity contribution in [2.24, 2.45) is 5.18 Å². The predicted octanol–water partition coefficient (Wildman–Crippen LogP) is 3.72. The van der Waals surface area contributed by atoms with Crippen LogP contribution in [0.4, 0.5) is 5.69 Å². The molecule has 3 aromatic rings. The Bertz CT molecular complexity index is 833. The molecule has 1 aromatic carbocycles. The Labute approximate surface area is 136 Å². The SMILES string of the molecule is O=NCc1ccccc1NC(=O)c1csc(-c2ccncc2)n1. The van der Waals surface area contributed by atoms with E-state index in [4.69, 9.17) is 0 Å². The molecule has 0 aliphatic rings. The van der Waals surface area contributed by atoms with Crippen LogP contribution in [0.3, 0.4) is 0 Å². The number of hydrogen-bond acceptors (Lipinski definition) is 6. The molecule has 0 spiro atoms. The number of nitrogens with one attached hydrogen (secondary N) is 1. The summed E-state index contributed by atoms with van der Waals surface area (Å²) in [5, 5.41) is 8.09. The molecule has 0 saturated heterocycles. The number of para-hydroxylation sites is 1. The summed E-state index contributed by atoms with van der Waals surface area (Å²) in [5.74, 6) is -0.320. The minimum atomic E-state index is -0.320. The Morgan fingerprint density at radius 1 is 1.17 bits per heavy atom. The lowest BCUT2D eigenvalue weighted by atomic mass is 10.2. The first-order valence-corrected chi connectivity index (χ1v) is 7.70. The molecule has 23 heavy (non-hydrogen) atoms. The number of carbonyl (C=O) groups is 1. The highest BCUT2D eigenvalue weighted by Crippen LogP contribution is 2.24. The molecule has 0 fully saturated rings. The zero-order chi connectivity index (χ0) is 16.1. The van der Waals surface area contributed by atoms with E-state index in [1.54, 1.807) is 42.0 Å². The fourth-order valence-corrected chi connectivity index (χ4v) is 2.85. The molecule has 0 saturated carbocycles. The lowest BCUT2D eigenvalue weighted by Crippen LogP contribution is -2.13. The summed E-state index contributed by atoms with van der Waals surface area (Å²) < 4.78 is 0. The number of amides is 1. The molecular formula is C16H12N4O2S. The molecule has 0 bridgehead atoms. The van der Waals surface area contributed by atoms with E-state index in [2.05, 4.69) is 20.5 Å². The Kier molecular flexibility index (Phi) is 4.49. The maximum Gasteiger partial charge on any atom is 0.275 e.